The summed E-state index contributed by atoms with van der Waals surface area (Å²) in [4.78, 5) is 14.1. The van der Waals surface area contributed by atoms with E-state index in [0.29, 0.717) is 30.1 Å². The van der Waals surface area contributed by atoms with E-state index in [9.17, 15) is 4.79 Å². The molecular formula is C17H17ClN2O2. The minimum Gasteiger partial charge on any atom is -0.497 e. The van der Waals surface area contributed by atoms with E-state index in [-0.39, 0.29) is 5.91 Å². The van der Waals surface area contributed by atoms with E-state index in [2.05, 4.69) is 0 Å². The van der Waals surface area contributed by atoms with Crippen molar-refractivity contribution in [3.8, 4) is 5.75 Å². The largest absolute Gasteiger partial charge is 0.497 e. The lowest BCUT2D eigenvalue weighted by Gasteiger charge is -2.31. The SMILES string of the molecule is COc1ccc(CN2C(=O)CCc3c(N)ccc(Cl)c32)cc1. The zero-order valence-electron chi connectivity index (χ0n) is 12.3. The number of carbonyl (C=O) groups excluding carboxylic acids is 1. The molecule has 0 radical (unpaired) electrons. The molecule has 0 fully saturated rings. The first-order valence-corrected chi connectivity index (χ1v) is 7.48. The predicted octanol–water partition coefficient (Wildman–Crippen LogP) is 3.41. The molecule has 114 valence electrons. The third kappa shape index (κ3) is 2.62. The fraction of sp³-hybridized carbons (Fsp3) is 0.235. The topological polar surface area (TPSA) is 55.6 Å². The van der Waals surface area contributed by atoms with Gasteiger partial charge in [-0.15, -0.1) is 0 Å². The molecule has 5 heteroatoms. The molecule has 2 aromatic rings. The molecule has 1 aliphatic rings. The molecule has 0 saturated heterocycles. The van der Waals surface area contributed by atoms with Gasteiger partial charge >= 0.3 is 0 Å². The number of methoxy groups -OCH3 is 1. The first-order valence-electron chi connectivity index (χ1n) is 7.10. The molecule has 0 saturated carbocycles. The maximum atomic E-state index is 12.3. The van der Waals surface area contributed by atoms with Crippen LogP contribution in [0.3, 0.4) is 0 Å². The summed E-state index contributed by atoms with van der Waals surface area (Å²) < 4.78 is 5.15. The second-order valence-corrected chi connectivity index (χ2v) is 5.70. The van der Waals surface area contributed by atoms with E-state index >= 15 is 0 Å². The van der Waals surface area contributed by atoms with Gasteiger partial charge in [0, 0.05) is 17.7 Å². The van der Waals surface area contributed by atoms with Gasteiger partial charge in [-0.1, -0.05) is 23.7 Å². The summed E-state index contributed by atoms with van der Waals surface area (Å²) in [6.07, 6.45) is 1.09. The zero-order valence-corrected chi connectivity index (χ0v) is 13.1. The Balaban J connectivity index is 1.96. The van der Waals surface area contributed by atoms with E-state index in [1.54, 1.807) is 24.1 Å². The number of carbonyl (C=O) groups is 1. The monoisotopic (exact) mass is 316 g/mol. The molecule has 2 N–H and O–H groups in total. The molecule has 0 aromatic heterocycles. The van der Waals surface area contributed by atoms with Crippen LogP contribution in [0.2, 0.25) is 5.02 Å². The first-order chi connectivity index (χ1) is 10.6. The zero-order chi connectivity index (χ0) is 15.7. The number of nitrogens with two attached hydrogens (primary N) is 1. The van der Waals surface area contributed by atoms with Gasteiger partial charge in [0.15, 0.2) is 0 Å². The molecule has 3 rings (SSSR count). The summed E-state index contributed by atoms with van der Waals surface area (Å²) in [5.41, 5.74) is 9.44. The molecule has 1 heterocycles. The molecule has 1 aliphatic heterocycles. The second-order valence-electron chi connectivity index (χ2n) is 5.29. The van der Waals surface area contributed by atoms with Crippen LogP contribution in [0.15, 0.2) is 36.4 Å². The number of hydrogen-bond donors (Lipinski definition) is 1. The van der Waals surface area contributed by atoms with Crippen molar-refractivity contribution in [1.29, 1.82) is 0 Å². The third-order valence-electron chi connectivity index (χ3n) is 3.93. The smallest absolute Gasteiger partial charge is 0.227 e. The molecule has 0 bridgehead atoms. The van der Waals surface area contributed by atoms with Crippen LogP contribution < -0.4 is 15.4 Å². The van der Waals surface area contributed by atoms with Gasteiger partial charge in [0.2, 0.25) is 5.91 Å². The molecule has 22 heavy (non-hydrogen) atoms. The van der Waals surface area contributed by atoms with Gasteiger partial charge in [0.05, 0.1) is 24.4 Å². The van der Waals surface area contributed by atoms with Crippen molar-refractivity contribution in [3.05, 3.63) is 52.5 Å². The summed E-state index contributed by atoms with van der Waals surface area (Å²) in [6, 6.07) is 11.2. The maximum Gasteiger partial charge on any atom is 0.227 e. The second kappa shape index (κ2) is 5.89. The van der Waals surface area contributed by atoms with E-state index in [1.807, 2.05) is 24.3 Å². The summed E-state index contributed by atoms with van der Waals surface area (Å²) in [7, 11) is 1.63. The summed E-state index contributed by atoms with van der Waals surface area (Å²) in [5.74, 6) is 0.854. The molecule has 4 nitrogen and oxygen atoms in total. The first kappa shape index (κ1) is 14.7. The Hall–Kier alpha value is -2.20. The van der Waals surface area contributed by atoms with Crippen LogP contribution in [0.4, 0.5) is 11.4 Å². The molecule has 0 spiro atoms. The van der Waals surface area contributed by atoms with Gasteiger partial charge in [0.25, 0.3) is 0 Å². The van der Waals surface area contributed by atoms with Crippen LogP contribution in [-0.2, 0) is 17.8 Å². The Morgan fingerprint density at radius 1 is 1.18 bits per heavy atom. The molecule has 0 atom stereocenters. The number of anilines is 2. The number of benzene rings is 2. The summed E-state index contributed by atoms with van der Waals surface area (Å²) >= 11 is 6.32. The van der Waals surface area contributed by atoms with E-state index in [1.165, 1.54) is 0 Å². The van der Waals surface area contributed by atoms with Crippen LogP contribution >= 0.6 is 11.6 Å². The highest BCUT2D eigenvalue weighted by atomic mass is 35.5. The van der Waals surface area contributed by atoms with Gasteiger partial charge < -0.3 is 15.4 Å². The summed E-state index contributed by atoms with van der Waals surface area (Å²) in [6.45, 7) is 0.471. The van der Waals surface area contributed by atoms with E-state index in [4.69, 9.17) is 22.1 Å². The average Bonchev–Trinajstić information content (AvgIpc) is 2.54. The van der Waals surface area contributed by atoms with Crippen molar-refractivity contribution < 1.29 is 9.53 Å². The number of nitrogens with zero attached hydrogens (tertiary/aromatic N) is 1. The van der Waals surface area contributed by atoms with E-state index in [0.717, 1.165) is 22.6 Å². The minimum absolute atomic E-state index is 0.0656. The molecule has 0 aliphatic carbocycles. The number of amides is 1. The van der Waals surface area contributed by atoms with Crippen molar-refractivity contribution in [3.63, 3.8) is 0 Å². The standard InChI is InChI=1S/C17H17ClN2O2/c1-22-12-4-2-11(3-5-12)10-20-16(21)9-6-13-15(19)8-7-14(18)17(13)20/h2-5,7-8H,6,9-10,19H2,1H3. The van der Waals surface area contributed by atoms with Crippen LogP contribution in [-0.4, -0.2) is 13.0 Å². The average molecular weight is 317 g/mol. The molecule has 0 unspecified atom stereocenters. The van der Waals surface area contributed by atoms with Crippen molar-refractivity contribution in [2.75, 3.05) is 17.7 Å². The Kier molecular flexibility index (Phi) is 3.94. The molecule has 2 aromatic carbocycles. The van der Waals surface area contributed by atoms with Crippen LogP contribution in [0.5, 0.6) is 5.75 Å². The normalized spacial score (nSPS) is 13.9. The minimum atomic E-state index is 0.0656. The quantitative estimate of drug-likeness (QED) is 0.883. The maximum absolute atomic E-state index is 12.3. The van der Waals surface area contributed by atoms with Crippen LogP contribution in [0.25, 0.3) is 0 Å². The number of hydrogen-bond acceptors (Lipinski definition) is 3. The van der Waals surface area contributed by atoms with Gasteiger partial charge in [-0.25, -0.2) is 0 Å². The Bertz CT molecular complexity index is 713. The number of nitrogen functional groups attached to an aromatic ring is 1. The lowest BCUT2D eigenvalue weighted by atomic mass is 9.98. The fourth-order valence-electron chi connectivity index (χ4n) is 2.75. The Morgan fingerprint density at radius 2 is 1.91 bits per heavy atom. The van der Waals surface area contributed by atoms with Crippen molar-refractivity contribution in [2.45, 2.75) is 19.4 Å². The number of rotatable bonds is 3. The van der Waals surface area contributed by atoms with Crippen LogP contribution in [0.1, 0.15) is 17.5 Å². The van der Waals surface area contributed by atoms with Crippen molar-refractivity contribution >= 4 is 28.9 Å². The van der Waals surface area contributed by atoms with Gasteiger partial charge in [-0.3, -0.25) is 4.79 Å². The molecule has 1 amide bonds. The Labute approximate surface area is 134 Å². The number of fused-ring (bicyclic) bond motifs is 1. The highest BCUT2D eigenvalue weighted by Gasteiger charge is 2.27. The van der Waals surface area contributed by atoms with Gasteiger partial charge in [-0.05, 0) is 36.2 Å². The summed E-state index contributed by atoms with van der Waals surface area (Å²) in [5, 5.41) is 0.561. The Morgan fingerprint density at radius 3 is 2.59 bits per heavy atom. The van der Waals surface area contributed by atoms with E-state index < -0.39 is 0 Å². The third-order valence-corrected chi connectivity index (χ3v) is 4.23. The van der Waals surface area contributed by atoms with Crippen molar-refractivity contribution in [1.82, 2.24) is 0 Å². The van der Waals surface area contributed by atoms with Gasteiger partial charge in [-0.2, -0.15) is 0 Å². The van der Waals surface area contributed by atoms with Crippen molar-refractivity contribution in [2.24, 2.45) is 0 Å². The molecular weight excluding hydrogens is 300 g/mol. The number of ether oxygens (including phenoxy) is 1. The van der Waals surface area contributed by atoms with Crippen LogP contribution in [0, 0.1) is 0 Å². The highest BCUT2D eigenvalue weighted by Crippen LogP contribution is 2.38. The van der Waals surface area contributed by atoms with Gasteiger partial charge in [0.1, 0.15) is 5.75 Å². The lowest BCUT2D eigenvalue weighted by Crippen LogP contribution is -2.35. The predicted molar refractivity (Wildman–Crippen MR) is 88.4 cm³/mol. The highest BCUT2D eigenvalue weighted by molar-refractivity contribution is 6.34. The fourth-order valence-corrected chi connectivity index (χ4v) is 3.03. The number of halogens is 1. The lowest BCUT2D eigenvalue weighted by molar-refractivity contribution is -0.119.